The molecule has 0 aliphatic heterocycles. The first-order valence-electron chi connectivity index (χ1n) is 10.1. The summed E-state index contributed by atoms with van der Waals surface area (Å²) in [4.78, 5) is 6.60. The van der Waals surface area contributed by atoms with Gasteiger partial charge in [-0.3, -0.25) is 14.5 Å². The number of methoxy groups -OCH3 is 1. The van der Waals surface area contributed by atoms with Gasteiger partial charge in [-0.25, -0.2) is 4.68 Å². The Morgan fingerprint density at radius 2 is 1.86 bits per heavy atom. The zero-order valence-corrected chi connectivity index (χ0v) is 17.8. The lowest BCUT2D eigenvalue weighted by Crippen LogP contribution is -2.29. The van der Waals surface area contributed by atoms with Crippen molar-refractivity contribution in [1.29, 1.82) is 0 Å². The number of rotatable bonds is 9. The molecule has 1 aromatic carbocycles. The molecule has 1 aliphatic carbocycles. The van der Waals surface area contributed by atoms with Gasteiger partial charge in [-0.2, -0.15) is 5.10 Å². The summed E-state index contributed by atoms with van der Waals surface area (Å²) >= 11 is 5.81. The monoisotopic (exact) mass is 409 g/mol. The zero-order valence-electron chi connectivity index (χ0n) is 17.0. The minimum absolute atomic E-state index is 0.597. The minimum Gasteiger partial charge on any atom is -0.497 e. The molecule has 0 bridgehead atoms. The summed E-state index contributed by atoms with van der Waals surface area (Å²) in [6.07, 6.45) is 7.07. The van der Waals surface area contributed by atoms with E-state index in [4.69, 9.17) is 22.1 Å². The van der Waals surface area contributed by atoms with E-state index in [1.807, 2.05) is 28.9 Å². The average molecular weight is 410 g/mol. The van der Waals surface area contributed by atoms with Crippen molar-refractivity contribution in [3.63, 3.8) is 0 Å². The van der Waals surface area contributed by atoms with Gasteiger partial charge in [0.2, 0.25) is 0 Å². The van der Waals surface area contributed by atoms with Crippen LogP contribution in [0.25, 0.3) is 11.4 Å². The zero-order chi connectivity index (χ0) is 20.2. The summed E-state index contributed by atoms with van der Waals surface area (Å²) in [5.74, 6) is 1.80. The van der Waals surface area contributed by atoms with E-state index in [-0.39, 0.29) is 0 Å². The van der Waals surface area contributed by atoms with Crippen molar-refractivity contribution in [1.82, 2.24) is 24.2 Å². The molecule has 4 rings (SSSR count). The number of ether oxygens (including phenoxy) is 1. The second-order valence-electron chi connectivity index (χ2n) is 7.46. The third-order valence-electron chi connectivity index (χ3n) is 5.23. The first-order chi connectivity index (χ1) is 14.2. The van der Waals surface area contributed by atoms with E-state index >= 15 is 0 Å². The molecule has 6 nitrogen and oxygen atoms in total. The molecule has 0 radical (unpaired) electrons. The first-order valence-corrected chi connectivity index (χ1v) is 10.6. The molecule has 0 amide bonds. The van der Waals surface area contributed by atoms with Crippen LogP contribution in [0, 0.1) is 4.77 Å². The lowest BCUT2D eigenvalue weighted by molar-refractivity contribution is 0.186. The highest BCUT2D eigenvalue weighted by Gasteiger charge is 2.30. The number of nitrogens with zero attached hydrogens (tertiary/aromatic N) is 5. The van der Waals surface area contributed by atoms with Crippen LogP contribution >= 0.6 is 12.2 Å². The molecule has 1 saturated carbocycles. The Morgan fingerprint density at radius 3 is 2.48 bits per heavy atom. The van der Waals surface area contributed by atoms with E-state index in [1.54, 1.807) is 19.5 Å². The third-order valence-corrected chi connectivity index (χ3v) is 5.66. The van der Waals surface area contributed by atoms with Crippen LogP contribution in [0.3, 0.4) is 0 Å². The van der Waals surface area contributed by atoms with Crippen molar-refractivity contribution in [2.24, 2.45) is 0 Å². The fourth-order valence-corrected chi connectivity index (χ4v) is 3.82. The van der Waals surface area contributed by atoms with Crippen molar-refractivity contribution < 1.29 is 4.74 Å². The number of hydrogen-bond acceptors (Lipinski definition) is 5. The summed E-state index contributed by atoms with van der Waals surface area (Å²) in [6, 6.07) is 12.9. The van der Waals surface area contributed by atoms with Gasteiger partial charge in [0.05, 0.1) is 13.8 Å². The molecule has 0 N–H and O–H groups in total. The maximum Gasteiger partial charge on any atom is 0.199 e. The van der Waals surface area contributed by atoms with E-state index in [0.29, 0.717) is 12.7 Å². The van der Waals surface area contributed by atoms with Gasteiger partial charge < -0.3 is 4.74 Å². The van der Waals surface area contributed by atoms with E-state index in [1.165, 1.54) is 18.4 Å². The van der Waals surface area contributed by atoms with E-state index in [0.717, 1.165) is 41.4 Å². The molecule has 0 saturated heterocycles. The van der Waals surface area contributed by atoms with Gasteiger partial charge in [0.25, 0.3) is 0 Å². The highest BCUT2D eigenvalue weighted by atomic mass is 32.1. The van der Waals surface area contributed by atoms with Crippen LogP contribution < -0.4 is 4.74 Å². The van der Waals surface area contributed by atoms with E-state index in [9.17, 15) is 0 Å². The summed E-state index contributed by atoms with van der Waals surface area (Å²) in [7, 11) is 1.69. The largest absolute Gasteiger partial charge is 0.497 e. The van der Waals surface area contributed by atoms with Crippen LogP contribution in [0.1, 0.15) is 31.7 Å². The summed E-state index contributed by atoms with van der Waals surface area (Å²) in [5, 5.41) is 4.90. The fourth-order valence-electron chi connectivity index (χ4n) is 3.54. The lowest BCUT2D eigenvalue weighted by atomic mass is 10.2. The van der Waals surface area contributed by atoms with Gasteiger partial charge in [-0.05, 0) is 61.3 Å². The Bertz CT molecular complexity index is 992. The van der Waals surface area contributed by atoms with Crippen LogP contribution in [0.15, 0.2) is 48.8 Å². The van der Waals surface area contributed by atoms with Gasteiger partial charge in [0.1, 0.15) is 5.75 Å². The normalized spacial score (nSPS) is 13.8. The van der Waals surface area contributed by atoms with E-state index < -0.39 is 0 Å². The van der Waals surface area contributed by atoms with Gasteiger partial charge in [-0.15, -0.1) is 0 Å². The molecule has 0 spiro atoms. The number of aromatic nitrogens is 4. The number of pyridine rings is 1. The van der Waals surface area contributed by atoms with Crippen molar-refractivity contribution in [3.05, 3.63) is 59.1 Å². The van der Waals surface area contributed by atoms with Gasteiger partial charge in [0, 0.05) is 37.1 Å². The van der Waals surface area contributed by atoms with Gasteiger partial charge in [0.15, 0.2) is 10.6 Å². The van der Waals surface area contributed by atoms with Crippen molar-refractivity contribution in [2.75, 3.05) is 7.11 Å². The van der Waals surface area contributed by atoms with Crippen LogP contribution in [0.4, 0.5) is 0 Å². The maximum absolute atomic E-state index is 5.81. The van der Waals surface area contributed by atoms with Gasteiger partial charge in [-0.1, -0.05) is 19.1 Å². The molecule has 1 fully saturated rings. The third kappa shape index (κ3) is 4.57. The highest BCUT2D eigenvalue weighted by molar-refractivity contribution is 7.71. The van der Waals surface area contributed by atoms with Crippen molar-refractivity contribution >= 4 is 12.2 Å². The molecule has 2 aromatic heterocycles. The second kappa shape index (κ2) is 8.88. The van der Waals surface area contributed by atoms with Crippen molar-refractivity contribution in [3.8, 4) is 17.1 Å². The minimum atomic E-state index is 0.597. The molecule has 0 unspecified atom stereocenters. The molecule has 29 heavy (non-hydrogen) atoms. The fraction of sp³-hybridized carbons (Fsp3) is 0.409. The van der Waals surface area contributed by atoms with Crippen molar-refractivity contribution in [2.45, 2.75) is 52.0 Å². The molecule has 0 atom stereocenters. The smallest absolute Gasteiger partial charge is 0.199 e. The van der Waals surface area contributed by atoms with Crippen LogP contribution in [0.2, 0.25) is 0 Å². The van der Waals surface area contributed by atoms with Crippen LogP contribution in [0.5, 0.6) is 5.75 Å². The van der Waals surface area contributed by atoms with Gasteiger partial charge >= 0.3 is 0 Å². The summed E-state index contributed by atoms with van der Waals surface area (Å²) < 4.78 is 10.2. The number of hydrogen-bond donors (Lipinski definition) is 0. The predicted molar refractivity (Wildman–Crippen MR) is 116 cm³/mol. The predicted octanol–water partition coefficient (Wildman–Crippen LogP) is 4.52. The van der Waals surface area contributed by atoms with E-state index in [2.05, 4.69) is 33.5 Å². The molecular formula is C22H27N5OS. The molecule has 3 aromatic rings. The van der Waals surface area contributed by atoms with Crippen LogP contribution in [-0.4, -0.2) is 37.4 Å². The SMILES string of the molecule is CCCn1c(-c2ccncc2)nn(CN(Cc2ccc(OC)cc2)C2CC2)c1=S. The van der Waals surface area contributed by atoms with Crippen LogP contribution in [-0.2, 0) is 19.8 Å². The summed E-state index contributed by atoms with van der Waals surface area (Å²) in [5.41, 5.74) is 2.32. The highest BCUT2D eigenvalue weighted by Crippen LogP contribution is 2.29. The Labute approximate surface area is 176 Å². The Morgan fingerprint density at radius 1 is 1.14 bits per heavy atom. The molecule has 152 valence electrons. The second-order valence-corrected chi connectivity index (χ2v) is 7.83. The molecule has 2 heterocycles. The maximum atomic E-state index is 5.81. The average Bonchev–Trinajstić information content (AvgIpc) is 3.56. The topological polar surface area (TPSA) is 48.1 Å². The Kier molecular flexibility index (Phi) is 6.06. The summed E-state index contributed by atoms with van der Waals surface area (Å²) in [6.45, 7) is 4.60. The first kappa shape index (κ1) is 19.8. The Hall–Kier alpha value is -2.51. The standard InChI is InChI=1S/C22H27N5OS/c1-3-14-26-21(18-10-12-23-13-11-18)24-27(22(26)29)16-25(19-6-7-19)15-17-4-8-20(28-2)9-5-17/h4-5,8-13,19H,3,6-7,14-16H2,1-2H3. The quantitative estimate of drug-likeness (QED) is 0.487. The lowest BCUT2D eigenvalue weighted by Gasteiger charge is -2.22. The number of benzene rings is 1. The Balaban J connectivity index is 1.60. The molecular weight excluding hydrogens is 382 g/mol. The molecule has 1 aliphatic rings. The molecule has 7 heteroatoms.